The Labute approximate surface area is 105 Å². The molecule has 1 aliphatic heterocycles. The van der Waals surface area contributed by atoms with Gasteiger partial charge in [0, 0.05) is 24.8 Å². The molecule has 6 heteroatoms. The van der Waals surface area contributed by atoms with E-state index in [1.807, 2.05) is 4.90 Å². The third-order valence-electron chi connectivity index (χ3n) is 2.73. The number of benzene rings is 1. The zero-order chi connectivity index (χ0) is 13.0. The molecule has 0 bridgehead atoms. The maximum absolute atomic E-state index is 11.7. The number of aromatic hydroxyl groups is 2. The average molecular weight is 252 g/mol. The minimum absolute atomic E-state index is 0.151. The summed E-state index contributed by atoms with van der Waals surface area (Å²) in [5.41, 5.74) is 0.462. The van der Waals surface area contributed by atoms with Crippen molar-refractivity contribution in [3.8, 4) is 11.5 Å². The van der Waals surface area contributed by atoms with Gasteiger partial charge in [-0.15, -0.1) is 0 Å². The molecule has 0 aromatic heterocycles. The maximum atomic E-state index is 11.7. The Hall–Kier alpha value is -1.79. The fourth-order valence-corrected chi connectivity index (χ4v) is 1.76. The molecule has 0 spiro atoms. The first-order valence-electron chi connectivity index (χ1n) is 5.77. The van der Waals surface area contributed by atoms with Crippen molar-refractivity contribution in [2.45, 2.75) is 0 Å². The molecule has 1 fully saturated rings. The lowest BCUT2D eigenvalue weighted by Gasteiger charge is -2.25. The van der Waals surface area contributed by atoms with Gasteiger partial charge in [-0.1, -0.05) is 0 Å². The van der Waals surface area contributed by atoms with E-state index in [0.717, 1.165) is 13.1 Å². The van der Waals surface area contributed by atoms with E-state index < -0.39 is 0 Å². The number of hydrogen-bond acceptors (Lipinski definition) is 5. The van der Waals surface area contributed by atoms with Crippen LogP contribution in [0, 0.1) is 0 Å². The second-order valence-corrected chi connectivity index (χ2v) is 4.14. The van der Waals surface area contributed by atoms with Crippen molar-refractivity contribution < 1.29 is 19.7 Å². The Morgan fingerprint density at radius 1 is 1.28 bits per heavy atom. The normalized spacial score (nSPS) is 16.4. The number of morpholine rings is 1. The number of ether oxygens (including phenoxy) is 1. The van der Waals surface area contributed by atoms with Crippen molar-refractivity contribution in [2.24, 2.45) is 0 Å². The summed E-state index contributed by atoms with van der Waals surface area (Å²) in [6, 6.07) is 4.18. The van der Waals surface area contributed by atoms with Crippen LogP contribution in [0.1, 0.15) is 0 Å². The van der Waals surface area contributed by atoms with Gasteiger partial charge in [-0.05, 0) is 12.1 Å². The highest BCUT2D eigenvalue weighted by atomic mass is 16.5. The van der Waals surface area contributed by atoms with Crippen LogP contribution in [0.3, 0.4) is 0 Å². The predicted molar refractivity (Wildman–Crippen MR) is 65.7 cm³/mol. The molecule has 1 aromatic carbocycles. The third-order valence-corrected chi connectivity index (χ3v) is 2.73. The van der Waals surface area contributed by atoms with E-state index in [9.17, 15) is 9.90 Å². The van der Waals surface area contributed by atoms with Crippen molar-refractivity contribution in [3.05, 3.63) is 18.2 Å². The molecule has 1 amide bonds. The van der Waals surface area contributed by atoms with E-state index in [-0.39, 0.29) is 17.4 Å². The molecule has 1 heterocycles. The average Bonchev–Trinajstić information content (AvgIpc) is 2.35. The molecule has 6 nitrogen and oxygen atoms in total. The van der Waals surface area contributed by atoms with Gasteiger partial charge in [0.25, 0.3) is 0 Å². The van der Waals surface area contributed by atoms with Crippen LogP contribution in [0.2, 0.25) is 0 Å². The fourth-order valence-electron chi connectivity index (χ4n) is 1.76. The van der Waals surface area contributed by atoms with E-state index in [4.69, 9.17) is 9.84 Å². The van der Waals surface area contributed by atoms with Gasteiger partial charge < -0.3 is 20.3 Å². The molecule has 18 heavy (non-hydrogen) atoms. The maximum Gasteiger partial charge on any atom is 0.238 e. The topological polar surface area (TPSA) is 82.0 Å². The van der Waals surface area contributed by atoms with Gasteiger partial charge in [0.15, 0.2) is 11.5 Å². The number of anilines is 1. The Morgan fingerprint density at radius 3 is 2.67 bits per heavy atom. The van der Waals surface area contributed by atoms with Gasteiger partial charge in [0.2, 0.25) is 5.91 Å². The summed E-state index contributed by atoms with van der Waals surface area (Å²) in [6.45, 7) is 3.08. The molecule has 1 aliphatic rings. The standard InChI is InChI=1S/C12H16N2O4/c15-10-2-1-9(7-11(10)16)13-12(17)8-14-3-5-18-6-4-14/h1-2,7,15-16H,3-6,8H2,(H,13,17). The van der Waals surface area contributed by atoms with Crippen LogP contribution in [-0.2, 0) is 9.53 Å². The molecule has 3 N–H and O–H groups in total. The number of rotatable bonds is 3. The highest BCUT2D eigenvalue weighted by molar-refractivity contribution is 5.92. The number of carbonyl (C=O) groups excluding carboxylic acids is 1. The van der Waals surface area contributed by atoms with Crippen molar-refractivity contribution in [2.75, 3.05) is 38.2 Å². The van der Waals surface area contributed by atoms with Crippen molar-refractivity contribution >= 4 is 11.6 Å². The summed E-state index contributed by atoms with van der Waals surface area (Å²) < 4.78 is 5.19. The summed E-state index contributed by atoms with van der Waals surface area (Å²) in [7, 11) is 0. The van der Waals surface area contributed by atoms with Crippen LogP contribution in [0.25, 0.3) is 0 Å². The second kappa shape index (κ2) is 5.70. The van der Waals surface area contributed by atoms with Crippen LogP contribution in [0.15, 0.2) is 18.2 Å². The Kier molecular flexibility index (Phi) is 4.01. The monoisotopic (exact) mass is 252 g/mol. The quantitative estimate of drug-likeness (QED) is 0.535. The van der Waals surface area contributed by atoms with Crippen molar-refractivity contribution in [1.29, 1.82) is 0 Å². The largest absolute Gasteiger partial charge is 0.504 e. The number of phenols is 2. The van der Waals surface area contributed by atoms with Gasteiger partial charge >= 0.3 is 0 Å². The lowest BCUT2D eigenvalue weighted by Crippen LogP contribution is -2.41. The first kappa shape index (κ1) is 12.7. The van der Waals surface area contributed by atoms with E-state index in [2.05, 4.69) is 5.32 Å². The Bertz CT molecular complexity index is 430. The SMILES string of the molecule is O=C(CN1CCOCC1)Nc1ccc(O)c(O)c1. The van der Waals surface area contributed by atoms with Crippen LogP contribution < -0.4 is 5.32 Å². The molecular formula is C12H16N2O4. The minimum atomic E-state index is -0.251. The van der Waals surface area contributed by atoms with Crippen molar-refractivity contribution in [1.82, 2.24) is 4.90 Å². The molecule has 0 saturated carbocycles. The molecule has 2 rings (SSSR count). The number of amides is 1. The Morgan fingerprint density at radius 2 is 2.00 bits per heavy atom. The number of nitrogens with zero attached hydrogens (tertiary/aromatic N) is 1. The molecule has 1 saturated heterocycles. The molecule has 0 atom stereocenters. The summed E-state index contributed by atoms with van der Waals surface area (Å²) in [5, 5.41) is 21.1. The highest BCUT2D eigenvalue weighted by Gasteiger charge is 2.14. The number of phenolic OH excluding ortho intramolecular Hbond substituents is 2. The zero-order valence-corrected chi connectivity index (χ0v) is 9.93. The smallest absolute Gasteiger partial charge is 0.238 e. The van der Waals surface area contributed by atoms with Gasteiger partial charge in [-0.25, -0.2) is 0 Å². The zero-order valence-electron chi connectivity index (χ0n) is 9.93. The van der Waals surface area contributed by atoms with E-state index in [0.29, 0.717) is 25.4 Å². The third kappa shape index (κ3) is 3.35. The fraction of sp³-hybridized carbons (Fsp3) is 0.417. The van der Waals surface area contributed by atoms with Gasteiger partial charge in [-0.2, -0.15) is 0 Å². The lowest BCUT2D eigenvalue weighted by molar-refractivity contribution is -0.118. The summed E-state index contributed by atoms with van der Waals surface area (Å²) >= 11 is 0. The molecule has 0 unspecified atom stereocenters. The summed E-state index contributed by atoms with van der Waals surface area (Å²) in [4.78, 5) is 13.7. The Balaban J connectivity index is 1.88. The number of hydrogen-bond donors (Lipinski definition) is 3. The second-order valence-electron chi connectivity index (χ2n) is 4.14. The summed E-state index contributed by atoms with van der Waals surface area (Å²) in [5.74, 6) is -0.609. The molecular weight excluding hydrogens is 236 g/mol. The molecule has 98 valence electrons. The van der Waals surface area contributed by atoms with Gasteiger partial charge in [-0.3, -0.25) is 9.69 Å². The molecule has 0 radical (unpaired) electrons. The molecule has 0 aliphatic carbocycles. The lowest BCUT2D eigenvalue weighted by atomic mass is 10.2. The predicted octanol–water partition coefficient (Wildman–Crippen LogP) is 0.368. The van der Waals surface area contributed by atoms with Crippen molar-refractivity contribution in [3.63, 3.8) is 0 Å². The van der Waals surface area contributed by atoms with E-state index in [1.165, 1.54) is 18.2 Å². The first-order valence-corrected chi connectivity index (χ1v) is 5.77. The molecule has 1 aromatic rings. The van der Waals surface area contributed by atoms with Gasteiger partial charge in [0.05, 0.1) is 19.8 Å². The van der Waals surface area contributed by atoms with Crippen LogP contribution in [0.5, 0.6) is 11.5 Å². The highest BCUT2D eigenvalue weighted by Crippen LogP contribution is 2.27. The van der Waals surface area contributed by atoms with Crippen LogP contribution in [-0.4, -0.2) is 53.9 Å². The van der Waals surface area contributed by atoms with Crippen LogP contribution in [0.4, 0.5) is 5.69 Å². The number of nitrogens with one attached hydrogen (secondary N) is 1. The van der Waals surface area contributed by atoms with Crippen LogP contribution >= 0.6 is 0 Å². The van der Waals surface area contributed by atoms with Gasteiger partial charge in [0.1, 0.15) is 0 Å². The first-order chi connectivity index (χ1) is 8.65. The van der Waals surface area contributed by atoms with E-state index in [1.54, 1.807) is 0 Å². The minimum Gasteiger partial charge on any atom is -0.504 e. The van der Waals surface area contributed by atoms with E-state index >= 15 is 0 Å². The number of carbonyl (C=O) groups is 1. The summed E-state index contributed by atoms with van der Waals surface area (Å²) in [6.07, 6.45) is 0.